The van der Waals surface area contributed by atoms with E-state index in [1.54, 1.807) is 48.5 Å². The van der Waals surface area contributed by atoms with Crippen molar-refractivity contribution >= 4 is 46.4 Å². The molecular weight excluding hydrogens is 373 g/mol. The molecule has 2 amide bonds. The third-order valence-electron chi connectivity index (χ3n) is 3.46. The first kappa shape index (κ1) is 17.9. The van der Waals surface area contributed by atoms with Crippen molar-refractivity contribution in [1.29, 1.82) is 0 Å². The highest BCUT2D eigenvalue weighted by Gasteiger charge is 2.13. The Kier molecular flexibility index (Phi) is 5.51. The van der Waals surface area contributed by atoms with Crippen molar-refractivity contribution in [1.82, 2.24) is 4.98 Å². The van der Waals surface area contributed by atoms with Crippen LogP contribution in [0.25, 0.3) is 0 Å². The van der Waals surface area contributed by atoms with E-state index in [1.807, 2.05) is 0 Å². The third kappa shape index (κ3) is 4.39. The van der Waals surface area contributed by atoms with E-state index < -0.39 is 11.8 Å². The predicted octanol–water partition coefficient (Wildman–Crippen LogP) is 4.89. The molecule has 7 heteroatoms. The molecule has 0 aliphatic rings. The fourth-order valence-electron chi connectivity index (χ4n) is 2.21. The minimum Gasteiger partial charge on any atom is -0.321 e. The number of carbonyl (C=O) groups excluding carboxylic acids is 2. The molecule has 1 aromatic heterocycles. The lowest BCUT2D eigenvalue weighted by atomic mass is 10.2. The number of anilines is 2. The summed E-state index contributed by atoms with van der Waals surface area (Å²) >= 11 is 11.9. The lowest BCUT2D eigenvalue weighted by molar-refractivity contribution is 0.102. The Hall–Kier alpha value is -2.89. The van der Waals surface area contributed by atoms with E-state index in [0.717, 1.165) is 0 Å². The van der Waals surface area contributed by atoms with Gasteiger partial charge in [-0.15, -0.1) is 0 Å². The fourth-order valence-corrected chi connectivity index (χ4v) is 2.59. The minimum atomic E-state index is -0.445. The average molecular weight is 386 g/mol. The SMILES string of the molecule is O=C(Nc1ccccc1Cl)c1ccnc(C(=O)Nc2cccc(Cl)c2)c1. The Morgan fingerprint density at radius 1 is 0.846 bits per heavy atom. The maximum atomic E-state index is 12.4. The van der Waals surface area contributed by atoms with Gasteiger partial charge in [0.1, 0.15) is 5.69 Å². The topological polar surface area (TPSA) is 71.1 Å². The van der Waals surface area contributed by atoms with Crippen LogP contribution in [0.4, 0.5) is 11.4 Å². The van der Waals surface area contributed by atoms with Crippen LogP contribution in [-0.4, -0.2) is 16.8 Å². The van der Waals surface area contributed by atoms with Gasteiger partial charge in [0.2, 0.25) is 0 Å². The van der Waals surface area contributed by atoms with Gasteiger partial charge in [-0.1, -0.05) is 41.4 Å². The van der Waals surface area contributed by atoms with Crippen LogP contribution < -0.4 is 10.6 Å². The van der Waals surface area contributed by atoms with Crippen molar-refractivity contribution in [2.45, 2.75) is 0 Å². The molecule has 2 N–H and O–H groups in total. The number of benzene rings is 2. The van der Waals surface area contributed by atoms with E-state index >= 15 is 0 Å². The van der Waals surface area contributed by atoms with Gasteiger partial charge in [-0.3, -0.25) is 14.6 Å². The first-order chi connectivity index (χ1) is 12.5. The Morgan fingerprint density at radius 2 is 1.65 bits per heavy atom. The molecule has 0 radical (unpaired) electrons. The Bertz CT molecular complexity index is 976. The average Bonchev–Trinajstić information content (AvgIpc) is 2.63. The van der Waals surface area contributed by atoms with Gasteiger partial charge in [0.25, 0.3) is 11.8 Å². The molecule has 0 saturated carbocycles. The zero-order chi connectivity index (χ0) is 18.5. The van der Waals surface area contributed by atoms with Crippen LogP contribution in [0, 0.1) is 0 Å². The minimum absolute atomic E-state index is 0.108. The summed E-state index contributed by atoms with van der Waals surface area (Å²) in [7, 11) is 0. The second-order valence-electron chi connectivity index (χ2n) is 5.33. The molecule has 3 aromatic rings. The number of halogens is 2. The molecule has 5 nitrogen and oxygen atoms in total. The molecule has 0 saturated heterocycles. The van der Waals surface area contributed by atoms with Crippen LogP contribution in [0.1, 0.15) is 20.8 Å². The molecule has 0 unspecified atom stereocenters. The van der Waals surface area contributed by atoms with E-state index in [0.29, 0.717) is 21.4 Å². The number of pyridine rings is 1. The highest BCUT2D eigenvalue weighted by atomic mass is 35.5. The smallest absolute Gasteiger partial charge is 0.274 e. The summed E-state index contributed by atoms with van der Waals surface area (Å²) in [5.74, 6) is -0.836. The molecule has 0 bridgehead atoms. The van der Waals surface area contributed by atoms with Crippen LogP contribution in [0.15, 0.2) is 66.9 Å². The second kappa shape index (κ2) is 7.99. The van der Waals surface area contributed by atoms with Gasteiger partial charge in [0, 0.05) is 22.5 Å². The maximum Gasteiger partial charge on any atom is 0.274 e. The lowest BCUT2D eigenvalue weighted by Crippen LogP contribution is -2.17. The number of aromatic nitrogens is 1. The van der Waals surface area contributed by atoms with E-state index in [1.165, 1.54) is 18.3 Å². The zero-order valence-electron chi connectivity index (χ0n) is 13.4. The lowest BCUT2D eigenvalue weighted by Gasteiger charge is -2.08. The molecule has 0 spiro atoms. The normalized spacial score (nSPS) is 10.2. The monoisotopic (exact) mass is 385 g/mol. The van der Waals surface area contributed by atoms with Crippen LogP contribution in [0.5, 0.6) is 0 Å². The van der Waals surface area contributed by atoms with E-state index in [4.69, 9.17) is 23.2 Å². The van der Waals surface area contributed by atoms with E-state index in [9.17, 15) is 9.59 Å². The largest absolute Gasteiger partial charge is 0.321 e. The number of rotatable bonds is 4. The number of nitrogens with zero attached hydrogens (tertiary/aromatic N) is 1. The number of hydrogen-bond acceptors (Lipinski definition) is 3. The molecule has 26 heavy (non-hydrogen) atoms. The first-order valence-corrected chi connectivity index (χ1v) is 8.37. The van der Waals surface area contributed by atoms with Gasteiger partial charge in [-0.2, -0.15) is 0 Å². The summed E-state index contributed by atoms with van der Waals surface area (Å²) in [5.41, 5.74) is 1.42. The van der Waals surface area contributed by atoms with Gasteiger partial charge in [0.15, 0.2) is 0 Å². The van der Waals surface area contributed by atoms with Crippen molar-refractivity contribution in [3.05, 3.63) is 88.2 Å². The predicted molar refractivity (Wildman–Crippen MR) is 103 cm³/mol. The van der Waals surface area contributed by atoms with Gasteiger partial charge in [-0.25, -0.2) is 0 Å². The van der Waals surface area contributed by atoms with Gasteiger partial charge >= 0.3 is 0 Å². The fraction of sp³-hybridized carbons (Fsp3) is 0. The van der Waals surface area contributed by atoms with E-state index in [2.05, 4.69) is 15.6 Å². The Morgan fingerprint density at radius 3 is 2.42 bits per heavy atom. The quantitative estimate of drug-likeness (QED) is 0.671. The molecule has 2 aromatic carbocycles. The van der Waals surface area contributed by atoms with Crippen molar-refractivity contribution in [3.63, 3.8) is 0 Å². The number of amides is 2. The van der Waals surface area contributed by atoms with Crippen molar-refractivity contribution in [2.75, 3.05) is 10.6 Å². The summed E-state index contributed by atoms with van der Waals surface area (Å²) in [6.45, 7) is 0. The van der Waals surface area contributed by atoms with Crippen molar-refractivity contribution in [2.24, 2.45) is 0 Å². The van der Waals surface area contributed by atoms with Crippen LogP contribution in [0.3, 0.4) is 0 Å². The van der Waals surface area contributed by atoms with Gasteiger partial charge in [-0.05, 0) is 42.5 Å². The molecule has 3 rings (SSSR count). The number of carbonyl (C=O) groups is 2. The second-order valence-corrected chi connectivity index (χ2v) is 6.17. The summed E-state index contributed by atoms with van der Waals surface area (Å²) in [6, 6.07) is 16.6. The maximum absolute atomic E-state index is 12.4. The standard InChI is InChI=1S/C19H13Cl2N3O2/c20-13-4-3-5-14(11-13)23-19(26)17-10-12(8-9-22-17)18(25)24-16-7-2-1-6-15(16)21/h1-11H,(H,23,26)(H,24,25). The highest BCUT2D eigenvalue weighted by Crippen LogP contribution is 2.21. The summed E-state index contributed by atoms with van der Waals surface area (Å²) < 4.78 is 0. The molecule has 0 aliphatic carbocycles. The number of hydrogen-bond donors (Lipinski definition) is 2. The van der Waals surface area contributed by atoms with Crippen molar-refractivity contribution < 1.29 is 9.59 Å². The molecule has 0 atom stereocenters. The summed E-state index contributed by atoms with van der Waals surface area (Å²) in [6.07, 6.45) is 1.40. The van der Waals surface area contributed by atoms with Gasteiger partial charge in [0.05, 0.1) is 10.7 Å². The van der Waals surface area contributed by atoms with E-state index in [-0.39, 0.29) is 11.3 Å². The van der Waals surface area contributed by atoms with Gasteiger partial charge < -0.3 is 10.6 Å². The third-order valence-corrected chi connectivity index (χ3v) is 4.02. The first-order valence-electron chi connectivity index (χ1n) is 7.62. The molecule has 0 fully saturated rings. The summed E-state index contributed by atoms with van der Waals surface area (Å²) in [5, 5.41) is 6.32. The van der Waals surface area contributed by atoms with Crippen LogP contribution in [0.2, 0.25) is 10.0 Å². The number of nitrogens with one attached hydrogen (secondary N) is 2. The molecule has 130 valence electrons. The van der Waals surface area contributed by atoms with Crippen molar-refractivity contribution in [3.8, 4) is 0 Å². The highest BCUT2D eigenvalue weighted by molar-refractivity contribution is 6.34. The molecule has 0 aliphatic heterocycles. The summed E-state index contributed by atoms with van der Waals surface area (Å²) in [4.78, 5) is 28.8. The zero-order valence-corrected chi connectivity index (χ0v) is 14.9. The molecular formula is C19H13Cl2N3O2. The Labute approximate surface area is 160 Å². The molecule has 1 heterocycles. The number of para-hydroxylation sites is 1. The van der Waals surface area contributed by atoms with Crippen LogP contribution >= 0.6 is 23.2 Å². The Balaban J connectivity index is 1.76. The van der Waals surface area contributed by atoms with Crippen LogP contribution in [-0.2, 0) is 0 Å².